The highest BCUT2D eigenvalue weighted by atomic mass is 32.2. The third-order valence-corrected chi connectivity index (χ3v) is 6.40. The summed E-state index contributed by atoms with van der Waals surface area (Å²) in [5.74, 6) is 0. The van der Waals surface area contributed by atoms with Crippen LogP contribution in [0.25, 0.3) is 0 Å². The van der Waals surface area contributed by atoms with Crippen molar-refractivity contribution in [3.05, 3.63) is 53.0 Å². The van der Waals surface area contributed by atoms with Gasteiger partial charge in [0.1, 0.15) is 0 Å². The quantitative estimate of drug-likeness (QED) is 0.547. The second-order valence-electron chi connectivity index (χ2n) is 8.01. The fourth-order valence-electron chi connectivity index (χ4n) is 3.41. The number of hydrogen-bond acceptors (Lipinski definition) is 2. The highest BCUT2D eigenvalue weighted by molar-refractivity contribution is 8.03. The van der Waals surface area contributed by atoms with E-state index in [0.29, 0.717) is 0 Å². The Morgan fingerprint density at radius 1 is 0.846 bits per heavy atom. The predicted molar refractivity (Wildman–Crippen MR) is 116 cm³/mol. The minimum atomic E-state index is -0.817. The Hall–Kier alpha value is -0.990. The Morgan fingerprint density at radius 2 is 1.35 bits per heavy atom. The molecule has 1 N–H and O–H groups in total. The molecule has 0 unspecified atom stereocenters. The molecule has 1 aromatic rings. The molecule has 0 saturated heterocycles. The zero-order chi connectivity index (χ0) is 18.7. The van der Waals surface area contributed by atoms with E-state index in [1.165, 1.54) is 75.5 Å². The van der Waals surface area contributed by atoms with Crippen LogP contribution in [0.3, 0.4) is 0 Å². The number of aliphatic hydroxyl groups is 1. The van der Waals surface area contributed by atoms with Crippen LogP contribution in [0.5, 0.6) is 0 Å². The maximum absolute atomic E-state index is 10.6. The van der Waals surface area contributed by atoms with E-state index < -0.39 is 5.60 Å². The molecular weight excluding hydrogens is 336 g/mol. The van der Waals surface area contributed by atoms with E-state index in [1.54, 1.807) is 17.3 Å². The fourth-order valence-corrected chi connectivity index (χ4v) is 4.34. The van der Waals surface area contributed by atoms with Gasteiger partial charge in [0.2, 0.25) is 0 Å². The topological polar surface area (TPSA) is 20.2 Å². The van der Waals surface area contributed by atoms with E-state index in [1.807, 2.05) is 19.9 Å². The number of hydrogen-bond donors (Lipinski definition) is 1. The van der Waals surface area contributed by atoms with Crippen LogP contribution in [0.2, 0.25) is 0 Å². The largest absolute Gasteiger partial charge is 0.385 e. The van der Waals surface area contributed by atoms with E-state index in [-0.39, 0.29) is 0 Å². The average molecular weight is 373 g/mol. The van der Waals surface area contributed by atoms with Crippen molar-refractivity contribution in [1.82, 2.24) is 0 Å². The van der Waals surface area contributed by atoms with Crippen LogP contribution in [0.15, 0.2) is 57.9 Å². The van der Waals surface area contributed by atoms with Crippen LogP contribution in [0.4, 0.5) is 0 Å². The SMILES string of the molecule is CC(C)(O)C(=CC=C1CCCCCCCCCCC1)Sc1ccccc1. The summed E-state index contributed by atoms with van der Waals surface area (Å²) in [4.78, 5) is 2.19. The zero-order valence-electron chi connectivity index (χ0n) is 16.7. The minimum absolute atomic E-state index is 0.817. The third kappa shape index (κ3) is 8.60. The van der Waals surface area contributed by atoms with Gasteiger partial charge in [0.25, 0.3) is 0 Å². The summed E-state index contributed by atoms with van der Waals surface area (Å²) in [6, 6.07) is 10.3. The molecule has 1 aliphatic carbocycles. The van der Waals surface area contributed by atoms with E-state index in [4.69, 9.17) is 0 Å². The summed E-state index contributed by atoms with van der Waals surface area (Å²) in [5, 5.41) is 10.6. The maximum atomic E-state index is 10.6. The van der Waals surface area contributed by atoms with Crippen LogP contribution in [-0.4, -0.2) is 10.7 Å². The second kappa shape index (κ2) is 11.7. The molecule has 1 aliphatic rings. The fraction of sp³-hybridized carbons (Fsp3) is 0.583. The van der Waals surface area contributed by atoms with Gasteiger partial charge in [-0.1, -0.05) is 86.6 Å². The van der Waals surface area contributed by atoms with Gasteiger partial charge in [0.05, 0.1) is 5.60 Å². The normalized spacial score (nSPS) is 18.7. The maximum Gasteiger partial charge on any atom is 0.0902 e. The smallest absolute Gasteiger partial charge is 0.0902 e. The van der Waals surface area contributed by atoms with Gasteiger partial charge < -0.3 is 5.11 Å². The molecule has 1 saturated carbocycles. The molecule has 0 aromatic heterocycles. The molecule has 1 fully saturated rings. The first-order valence-electron chi connectivity index (χ1n) is 10.4. The van der Waals surface area contributed by atoms with Crippen LogP contribution < -0.4 is 0 Å². The lowest BCUT2D eigenvalue weighted by atomic mass is 9.97. The molecule has 2 rings (SSSR count). The highest BCUT2D eigenvalue weighted by Crippen LogP contribution is 2.34. The Balaban J connectivity index is 2.08. The summed E-state index contributed by atoms with van der Waals surface area (Å²) >= 11 is 1.67. The Morgan fingerprint density at radius 3 is 1.85 bits per heavy atom. The standard InChI is InChI=1S/C24H36OS/c1-24(2,25)23(26-22-17-13-10-14-18-22)20-19-21-15-11-8-6-4-3-5-7-9-12-16-21/h10,13-14,17-20,25H,3-9,11-12,15-16H2,1-2H3. The van der Waals surface area contributed by atoms with E-state index in [9.17, 15) is 5.11 Å². The molecule has 0 aliphatic heterocycles. The molecule has 0 radical (unpaired) electrons. The van der Waals surface area contributed by atoms with Crippen molar-refractivity contribution in [2.75, 3.05) is 0 Å². The summed E-state index contributed by atoms with van der Waals surface area (Å²) in [5.41, 5.74) is 0.740. The number of thioether (sulfide) groups is 1. The van der Waals surface area contributed by atoms with Crippen molar-refractivity contribution in [3.8, 4) is 0 Å². The Bertz CT molecular complexity index is 552. The lowest BCUT2D eigenvalue weighted by Gasteiger charge is -2.21. The van der Waals surface area contributed by atoms with Crippen molar-refractivity contribution in [2.24, 2.45) is 0 Å². The molecule has 0 spiro atoms. The van der Waals surface area contributed by atoms with Gasteiger partial charge in [-0.05, 0) is 57.7 Å². The first kappa shape index (κ1) is 21.3. The molecule has 0 atom stereocenters. The molecular formula is C24H36OS. The van der Waals surface area contributed by atoms with Gasteiger partial charge in [-0.3, -0.25) is 0 Å². The van der Waals surface area contributed by atoms with E-state index in [0.717, 1.165) is 4.91 Å². The van der Waals surface area contributed by atoms with Crippen molar-refractivity contribution >= 4 is 11.8 Å². The van der Waals surface area contributed by atoms with Gasteiger partial charge in [-0.2, -0.15) is 0 Å². The summed E-state index contributed by atoms with van der Waals surface area (Å²) in [7, 11) is 0. The van der Waals surface area contributed by atoms with Crippen LogP contribution in [0.1, 0.15) is 84.5 Å². The molecule has 1 aromatic carbocycles. The summed E-state index contributed by atoms with van der Waals surface area (Å²) in [6.45, 7) is 3.77. The molecule has 1 nitrogen and oxygen atoms in total. The number of rotatable bonds is 4. The van der Waals surface area contributed by atoms with Crippen LogP contribution in [-0.2, 0) is 0 Å². The summed E-state index contributed by atoms with van der Waals surface area (Å²) in [6.07, 6.45) is 19.3. The van der Waals surface area contributed by atoms with Crippen LogP contribution >= 0.6 is 11.8 Å². The highest BCUT2D eigenvalue weighted by Gasteiger charge is 2.20. The average Bonchev–Trinajstić information content (AvgIpc) is 2.60. The molecule has 144 valence electrons. The second-order valence-corrected chi connectivity index (χ2v) is 9.13. The monoisotopic (exact) mass is 372 g/mol. The lowest BCUT2D eigenvalue weighted by Crippen LogP contribution is -2.19. The molecule has 2 heteroatoms. The van der Waals surface area contributed by atoms with Gasteiger partial charge >= 0.3 is 0 Å². The van der Waals surface area contributed by atoms with Crippen molar-refractivity contribution in [1.29, 1.82) is 0 Å². The lowest BCUT2D eigenvalue weighted by molar-refractivity contribution is 0.129. The number of allylic oxidation sites excluding steroid dienone is 3. The zero-order valence-corrected chi connectivity index (χ0v) is 17.5. The summed E-state index contributed by atoms with van der Waals surface area (Å²) < 4.78 is 0. The molecule has 26 heavy (non-hydrogen) atoms. The van der Waals surface area contributed by atoms with E-state index >= 15 is 0 Å². The minimum Gasteiger partial charge on any atom is -0.385 e. The number of benzene rings is 1. The van der Waals surface area contributed by atoms with Gasteiger partial charge in [-0.15, -0.1) is 0 Å². The Kier molecular flexibility index (Phi) is 9.56. The van der Waals surface area contributed by atoms with Crippen molar-refractivity contribution in [3.63, 3.8) is 0 Å². The van der Waals surface area contributed by atoms with Gasteiger partial charge in [-0.25, -0.2) is 0 Å². The van der Waals surface area contributed by atoms with E-state index in [2.05, 4.69) is 36.4 Å². The molecule has 0 amide bonds. The van der Waals surface area contributed by atoms with Gasteiger partial charge in [0, 0.05) is 9.80 Å². The molecule has 0 bridgehead atoms. The Labute approximate surface area is 165 Å². The van der Waals surface area contributed by atoms with Gasteiger partial charge in [0.15, 0.2) is 0 Å². The molecule has 0 heterocycles. The first-order chi connectivity index (χ1) is 12.6. The van der Waals surface area contributed by atoms with Crippen molar-refractivity contribution in [2.45, 2.75) is 95.0 Å². The van der Waals surface area contributed by atoms with Crippen molar-refractivity contribution < 1.29 is 5.11 Å². The van der Waals surface area contributed by atoms with Crippen LogP contribution in [0, 0.1) is 0 Å². The third-order valence-electron chi connectivity index (χ3n) is 5.04. The predicted octanol–water partition coefficient (Wildman–Crippen LogP) is 7.66. The first-order valence-corrected chi connectivity index (χ1v) is 11.2.